The normalized spacial score (nSPS) is 23.4. The Morgan fingerprint density at radius 1 is 1.53 bits per heavy atom. The van der Waals surface area contributed by atoms with E-state index < -0.39 is 0 Å². The number of anilines is 1. The van der Waals surface area contributed by atoms with Crippen molar-refractivity contribution in [3.05, 3.63) is 4.88 Å². The molecular formula is C13H23N3O2S. The number of methoxy groups -OCH3 is 1. The fraction of sp³-hybridized carbons (Fsp3) is 0.769. The Balaban J connectivity index is 2.02. The van der Waals surface area contributed by atoms with E-state index in [4.69, 9.17) is 9.47 Å². The summed E-state index contributed by atoms with van der Waals surface area (Å²) in [6.45, 7) is 4.64. The minimum atomic E-state index is 0.0610. The average molecular weight is 285 g/mol. The molecular weight excluding hydrogens is 262 g/mol. The van der Waals surface area contributed by atoms with E-state index in [0.29, 0.717) is 0 Å². The highest BCUT2D eigenvalue weighted by molar-refractivity contribution is 7.15. The average Bonchev–Trinajstić information content (AvgIpc) is 2.81. The van der Waals surface area contributed by atoms with Crippen molar-refractivity contribution in [3.8, 4) is 5.88 Å². The van der Waals surface area contributed by atoms with E-state index >= 15 is 0 Å². The monoisotopic (exact) mass is 285 g/mol. The molecule has 1 aliphatic rings. The van der Waals surface area contributed by atoms with E-state index in [-0.39, 0.29) is 5.54 Å². The lowest BCUT2D eigenvalue weighted by Gasteiger charge is -2.34. The highest BCUT2D eigenvalue weighted by Gasteiger charge is 2.27. The molecule has 1 aromatic rings. The second kappa shape index (κ2) is 6.07. The number of hydrogen-bond acceptors (Lipinski definition) is 6. The van der Waals surface area contributed by atoms with Gasteiger partial charge >= 0.3 is 0 Å². The maximum atomic E-state index is 5.56. The van der Waals surface area contributed by atoms with Gasteiger partial charge in [-0.05, 0) is 19.8 Å². The summed E-state index contributed by atoms with van der Waals surface area (Å²) < 4.78 is 10.9. The first kappa shape index (κ1) is 14.6. The van der Waals surface area contributed by atoms with Gasteiger partial charge in [-0.15, -0.1) is 0 Å². The van der Waals surface area contributed by atoms with Crippen LogP contribution in [0.2, 0.25) is 0 Å². The molecule has 0 amide bonds. The number of nitrogens with one attached hydrogen (secondary N) is 1. The highest BCUT2D eigenvalue weighted by atomic mass is 32.1. The van der Waals surface area contributed by atoms with Gasteiger partial charge in [-0.2, -0.15) is 4.98 Å². The van der Waals surface area contributed by atoms with Gasteiger partial charge in [-0.1, -0.05) is 11.3 Å². The summed E-state index contributed by atoms with van der Waals surface area (Å²) in [5.74, 6) is 0.724. The van der Waals surface area contributed by atoms with Crippen molar-refractivity contribution in [2.45, 2.75) is 31.8 Å². The number of hydrogen-bond donors (Lipinski definition) is 1. The van der Waals surface area contributed by atoms with Gasteiger partial charge in [0.15, 0.2) is 5.13 Å². The van der Waals surface area contributed by atoms with Crippen molar-refractivity contribution in [2.24, 2.45) is 0 Å². The van der Waals surface area contributed by atoms with E-state index in [2.05, 4.69) is 17.2 Å². The summed E-state index contributed by atoms with van der Waals surface area (Å²) in [6, 6.07) is 0. The lowest BCUT2D eigenvalue weighted by molar-refractivity contribution is 0.0278. The van der Waals surface area contributed by atoms with Gasteiger partial charge in [0.25, 0.3) is 0 Å². The van der Waals surface area contributed by atoms with Crippen molar-refractivity contribution in [1.82, 2.24) is 10.3 Å². The number of rotatable bonds is 5. The second-order valence-corrected chi connectivity index (χ2v) is 6.46. The zero-order chi connectivity index (χ0) is 13.9. The molecule has 108 valence electrons. The third kappa shape index (κ3) is 3.58. The maximum absolute atomic E-state index is 5.56. The highest BCUT2D eigenvalue weighted by Crippen LogP contribution is 2.31. The summed E-state index contributed by atoms with van der Waals surface area (Å²) in [7, 11) is 5.65. The summed E-state index contributed by atoms with van der Waals surface area (Å²) in [5.41, 5.74) is 0.0610. The van der Waals surface area contributed by atoms with Crippen LogP contribution in [-0.2, 0) is 11.3 Å². The van der Waals surface area contributed by atoms with Crippen molar-refractivity contribution < 1.29 is 9.47 Å². The van der Waals surface area contributed by atoms with Crippen LogP contribution in [0, 0.1) is 0 Å². The van der Waals surface area contributed by atoms with Crippen LogP contribution in [-0.4, -0.2) is 44.9 Å². The number of nitrogens with zero attached hydrogens (tertiary/aromatic N) is 2. The van der Waals surface area contributed by atoms with Crippen LogP contribution in [0.3, 0.4) is 0 Å². The lowest BCUT2D eigenvalue weighted by atomic mass is 9.95. The van der Waals surface area contributed by atoms with Gasteiger partial charge in [0.2, 0.25) is 5.88 Å². The molecule has 6 heteroatoms. The molecule has 5 nitrogen and oxygen atoms in total. The van der Waals surface area contributed by atoms with Gasteiger partial charge in [0, 0.05) is 32.8 Å². The minimum absolute atomic E-state index is 0.0610. The van der Waals surface area contributed by atoms with Crippen molar-refractivity contribution in [3.63, 3.8) is 0 Å². The summed E-state index contributed by atoms with van der Waals surface area (Å²) in [5, 5.41) is 4.56. The van der Waals surface area contributed by atoms with E-state index in [1.54, 1.807) is 18.4 Å². The molecule has 1 atom stereocenters. The molecule has 0 radical (unpaired) electrons. The first-order chi connectivity index (χ1) is 9.04. The lowest BCUT2D eigenvalue weighted by Crippen LogP contribution is -2.48. The zero-order valence-electron chi connectivity index (χ0n) is 12.2. The standard InChI is InChI=1S/C13H23N3O2S/c1-13(6-5-7-18-9-13)14-8-10-11(17-4)15-12(19-10)16(2)3/h14H,5-9H2,1-4H3. The molecule has 1 unspecified atom stereocenters. The van der Waals surface area contributed by atoms with Crippen LogP contribution in [0.25, 0.3) is 0 Å². The van der Waals surface area contributed by atoms with Gasteiger partial charge in [0.1, 0.15) is 0 Å². The Morgan fingerprint density at radius 3 is 2.89 bits per heavy atom. The van der Waals surface area contributed by atoms with Crippen LogP contribution in [0.1, 0.15) is 24.6 Å². The fourth-order valence-corrected chi connectivity index (χ4v) is 3.05. The first-order valence-corrected chi connectivity index (χ1v) is 7.39. The van der Waals surface area contributed by atoms with Crippen LogP contribution in [0.15, 0.2) is 0 Å². The minimum Gasteiger partial charge on any atom is -0.480 e. The molecule has 19 heavy (non-hydrogen) atoms. The Labute approximate surface area is 118 Å². The van der Waals surface area contributed by atoms with Crippen LogP contribution >= 0.6 is 11.3 Å². The van der Waals surface area contributed by atoms with Gasteiger partial charge in [-0.25, -0.2) is 0 Å². The maximum Gasteiger partial charge on any atom is 0.230 e. The topological polar surface area (TPSA) is 46.6 Å². The van der Waals surface area contributed by atoms with Gasteiger partial charge in [0.05, 0.1) is 18.6 Å². The molecule has 0 spiro atoms. The largest absolute Gasteiger partial charge is 0.480 e. The van der Waals surface area contributed by atoms with E-state index in [1.807, 2.05) is 19.0 Å². The molecule has 2 heterocycles. The zero-order valence-corrected chi connectivity index (χ0v) is 13.0. The van der Waals surface area contributed by atoms with E-state index in [9.17, 15) is 0 Å². The predicted octanol–water partition coefficient (Wildman–Crippen LogP) is 1.88. The summed E-state index contributed by atoms with van der Waals surface area (Å²) in [6.07, 6.45) is 2.26. The predicted molar refractivity (Wildman–Crippen MR) is 78.3 cm³/mol. The Bertz CT molecular complexity index is 414. The first-order valence-electron chi connectivity index (χ1n) is 6.58. The molecule has 1 saturated heterocycles. The molecule has 0 saturated carbocycles. The number of ether oxygens (including phenoxy) is 2. The molecule has 0 aromatic carbocycles. The molecule has 1 aromatic heterocycles. The summed E-state index contributed by atoms with van der Waals surface area (Å²) in [4.78, 5) is 7.60. The van der Waals surface area contributed by atoms with Crippen LogP contribution in [0.4, 0.5) is 5.13 Å². The molecule has 1 fully saturated rings. The molecule has 0 aliphatic carbocycles. The van der Waals surface area contributed by atoms with E-state index in [1.165, 1.54) is 0 Å². The van der Waals surface area contributed by atoms with Crippen LogP contribution in [0.5, 0.6) is 5.88 Å². The van der Waals surface area contributed by atoms with Crippen molar-refractivity contribution >= 4 is 16.5 Å². The fourth-order valence-electron chi connectivity index (χ4n) is 2.16. The van der Waals surface area contributed by atoms with Crippen LogP contribution < -0.4 is 15.0 Å². The Kier molecular flexibility index (Phi) is 4.65. The van der Waals surface area contributed by atoms with Gasteiger partial charge < -0.3 is 19.7 Å². The molecule has 0 bridgehead atoms. The smallest absolute Gasteiger partial charge is 0.230 e. The Morgan fingerprint density at radius 2 is 2.32 bits per heavy atom. The van der Waals surface area contributed by atoms with Crippen molar-refractivity contribution in [2.75, 3.05) is 39.3 Å². The third-order valence-corrected chi connectivity index (χ3v) is 4.54. The van der Waals surface area contributed by atoms with E-state index in [0.717, 1.165) is 48.5 Å². The van der Waals surface area contributed by atoms with Gasteiger partial charge in [-0.3, -0.25) is 0 Å². The second-order valence-electron chi connectivity index (χ2n) is 5.39. The number of thiazole rings is 1. The van der Waals surface area contributed by atoms with Crippen molar-refractivity contribution in [1.29, 1.82) is 0 Å². The SMILES string of the molecule is COc1nc(N(C)C)sc1CNC1(C)CCCOC1. The number of aromatic nitrogens is 1. The molecule has 1 aliphatic heterocycles. The molecule has 1 N–H and O–H groups in total. The quantitative estimate of drug-likeness (QED) is 0.895. The summed E-state index contributed by atoms with van der Waals surface area (Å²) >= 11 is 1.67. The Hall–Kier alpha value is -0.850. The third-order valence-electron chi connectivity index (χ3n) is 3.34. The molecule has 2 rings (SSSR count).